The summed E-state index contributed by atoms with van der Waals surface area (Å²) in [7, 11) is 0. The van der Waals surface area contributed by atoms with E-state index in [2.05, 4.69) is 248 Å². The van der Waals surface area contributed by atoms with Gasteiger partial charge in [0.05, 0.1) is 16.4 Å². The largest absolute Gasteiger partial charge is 0.460 e. The zero-order valence-electron chi connectivity index (χ0n) is 37.1. The van der Waals surface area contributed by atoms with E-state index in [9.17, 15) is 0 Å². The molecule has 66 heavy (non-hydrogen) atoms. The first-order valence-electron chi connectivity index (χ1n) is 23.4. The Balaban J connectivity index is 0.971. The molecule has 0 saturated carbocycles. The minimum Gasteiger partial charge on any atom is -0.460 e. The molecule has 0 N–H and O–H groups in total. The number of fused-ring (bicyclic) bond motifs is 9. The Morgan fingerprint density at radius 1 is 0.561 bits per heavy atom. The highest BCUT2D eigenvalue weighted by atomic mass is 16.3. The van der Waals surface area contributed by atoms with Crippen molar-refractivity contribution in [2.45, 2.75) is 37.5 Å². The third-order valence-corrected chi connectivity index (χ3v) is 14.7. The zero-order valence-corrected chi connectivity index (χ0v) is 37.1. The molecule has 0 radical (unpaired) electrons. The van der Waals surface area contributed by atoms with E-state index in [4.69, 9.17) is 4.42 Å². The molecule has 3 unspecified atom stereocenters. The maximum absolute atomic E-state index is 6.76. The Hall–Kier alpha value is -7.88. The van der Waals surface area contributed by atoms with Crippen LogP contribution in [0.1, 0.15) is 71.2 Å². The van der Waals surface area contributed by atoms with Gasteiger partial charge in [0.2, 0.25) is 0 Å². The zero-order chi connectivity index (χ0) is 43.9. The summed E-state index contributed by atoms with van der Waals surface area (Å²) < 4.78 is 9.15. The molecule has 0 fully saturated rings. The molecule has 316 valence electrons. The van der Waals surface area contributed by atoms with Gasteiger partial charge < -0.3 is 13.9 Å². The third kappa shape index (κ3) is 5.76. The minimum absolute atomic E-state index is 0.199. The van der Waals surface area contributed by atoms with E-state index in [1.165, 1.54) is 77.4 Å². The van der Waals surface area contributed by atoms with Crippen molar-refractivity contribution in [1.29, 1.82) is 0 Å². The van der Waals surface area contributed by atoms with Crippen molar-refractivity contribution in [3.8, 4) is 16.8 Å². The van der Waals surface area contributed by atoms with E-state index in [-0.39, 0.29) is 11.8 Å². The van der Waals surface area contributed by atoms with Crippen molar-refractivity contribution in [1.82, 2.24) is 4.57 Å². The molecule has 0 bridgehead atoms. The summed E-state index contributed by atoms with van der Waals surface area (Å²) in [5, 5.41) is 3.72. The number of anilines is 2. The Morgan fingerprint density at radius 3 is 2.02 bits per heavy atom. The molecule has 8 aromatic carbocycles. The van der Waals surface area contributed by atoms with Gasteiger partial charge in [-0.25, -0.2) is 0 Å². The number of furan rings is 1. The molecule has 3 nitrogen and oxygen atoms in total. The van der Waals surface area contributed by atoms with E-state index >= 15 is 0 Å². The van der Waals surface area contributed by atoms with Crippen molar-refractivity contribution in [3.63, 3.8) is 0 Å². The van der Waals surface area contributed by atoms with Crippen molar-refractivity contribution >= 4 is 50.2 Å². The standard InChI is InChI=1S/C63H48N2O/c1-41-17-16-26-55-54-35-32-49(40-61(54)66-62(41)55)64(48-31-34-52-51-24-12-14-27-57(51)63(58(52)39-48,44-18-6-3-7-19-44)45-20-8-4-9-21-45)47-30-33-50(42(2)37-47)43-29-36-60-56(38-43)53-25-13-15-28-59(53)65(60)46-22-10-5-11-23-46/h3-16,18-42,50H,17H2,1-2H3. The summed E-state index contributed by atoms with van der Waals surface area (Å²) >= 11 is 0. The van der Waals surface area contributed by atoms with Crippen LogP contribution in [0, 0.1) is 5.92 Å². The molecule has 2 aromatic heterocycles. The average Bonchev–Trinajstić information content (AvgIpc) is 4.01. The van der Waals surface area contributed by atoms with Gasteiger partial charge in [0, 0.05) is 62.4 Å². The molecule has 0 aliphatic heterocycles. The number of hydrogen-bond acceptors (Lipinski definition) is 2. The first-order chi connectivity index (χ1) is 32.6. The predicted octanol–water partition coefficient (Wildman–Crippen LogP) is 16.4. The van der Waals surface area contributed by atoms with E-state index in [0.717, 1.165) is 34.8 Å². The summed E-state index contributed by atoms with van der Waals surface area (Å²) in [5.41, 5.74) is 17.5. The Morgan fingerprint density at radius 2 is 1.23 bits per heavy atom. The second-order valence-electron chi connectivity index (χ2n) is 18.5. The van der Waals surface area contributed by atoms with Gasteiger partial charge in [-0.05, 0) is 112 Å². The predicted molar refractivity (Wildman–Crippen MR) is 274 cm³/mol. The van der Waals surface area contributed by atoms with Crippen molar-refractivity contribution in [2.75, 3.05) is 4.90 Å². The lowest BCUT2D eigenvalue weighted by molar-refractivity contribution is 0.504. The topological polar surface area (TPSA) is 21.3 Å². The number of nitrogens with zero attached hydrogens (tertiary/aromatic N) is 2. The van der Waals surface area contributed by atoms with Crippen LogP contribution in [-0.4, -0.2) is 4.57 Å². The van der Waals surface area contributed by atoms with Crippen LogP contribution >= 0.6 is 0 Å². The van der Waals surface area contributed by atoms with Gasteiger partial charge in [-0.15, -0.1) is 0 Å². The molecule has 3 aliphatic carbocycles. The van der Waals surface area contributed by atoms with E-state index in [1.54, 1.807) is 0 Å². The van der Waals surface area contributed by atoms with Crippen LogP contribution in [0.15, 0.2) is 229 Å². The maximum atomic E-state index is 6.76. The van der Waals surface area contributed by atoms with Gasteiger partial charge in [-0.1, -0.05) is 172 Å². The van der Waals surface area contributed by atoms with Crippen molar-refractivity contribution in [2.24, 2.45) is 5.92 Å². The fourth-order valence-electron chi connectivity index (χ4n) is 11.7. The number of para-hydroxylation sites is 2. The SMILES string of the molecule is CC1CC=Cc2c1oc1cc(N(C3=CC(C)C(c4ccc5c(c4)c4ccccc4n5-c4ccccc4)C=C3)c3ccc4c(c3)C(c3ccccc3)(c3ccccc3)c3ccccc3-4)ccc21. The molecule has 3 atom stereocenters. The fourth-order valence-corrected chi connectivity index (χ4v) is 11.7. The summed E-state index contributed by atoms with van der Waals surface area (Å²) in [5.74, 6) is 1.84. The van der Waals surface area contributed by atoms with Crippen LogP contribution < -0.4 is 4.90 Å². The number of benzene rings is 8. The smallest absolute Gasteiger partial charge is 0.137 e. The van der Waals surface area contributed by atoms with Crippen LogP contribution in [0.3, 0.4) is 0 Å². The molecule has 0 saturated heterocycles. The van der Waals surface area contributed by atoms with Crippen LogP contribution in [0.25, 0.3) is 55.7 Å². The molecular formula is C63H48N2O. The Kier molecular flexibility index (Phi) is 8.83. The van der Waals surface area contributed by atoms with Gasteiger partial charge in [0.15, 0.2) is 0 Å². The highest BCUT2D eigenvalue weighted by molar-refractivity contribution is 6.09. The highest BCUT2D eigenvalue weighted by Crippen LogP contribution is 2.57. The number of allylic oxidation sites excluding steroid dienone is 4. The van der Waals surface area contributed by atoms with Gasteiger partial charge in [-0.3, -0.25) is 0 Å². The normalized spacial score (nSPS) is 18.0. The monoisotopic (exact) mass is 848 g/mol. The molecular weight excluding hydrogens is 801 g/mol. The van der Waals surface area contributed by atoms with E-state index in [1.807, 2.05) is 0 Å². The van der Waals surface area contributed by atoms with Gasteiger partial charge in [0.25, 0.3) is 0 Å². The lowest BCUT2D eigenvalue weighted by atomic mass is 9.67. The number of aromatic nitrogens is 1. The fraction of sp³-hybridized carbons (Fsp3) is 0.111. The molecule has 13 rings (SSSR count). The lowest BCUT2D eigenvalue weighted by Gasteiger charge is -2.35. The van der Waals surface area contributed by atoms with E-state index < -0.39 is 5.41 Å². The number of rotatable bonds is 7. The lowest BCUT2D eigenvalue weighted by Crippen LogP contribution is -2.29. The minimum atomic E-state index is -0.514. The van der Waals surface area contributed by atoms with Gasteiger partial charge in [0.1, 0.15) is 11.3 Å². The van der Waals surface area contributed by atoms with Crippen molar-refractivity contribution in [3.05, 3.63) is 263 Å². The second kappa shape index (κ2) is 15.1. The maximum Gasteiger partial charge on any atom is 0.137 e. The second-order valence-corrected chi connectivity index (χ2v) is 18.5. The molecule has 3 aliphatic rings. The van der Waals surface area contributed by atoms with Gasteiger partial charge >= 0.3 is 0 Å². The first kappa shape index (κ1) is 38.6. The van der Waals surface area contributed by atoms with Crippen LogP contribution in [0.4, 0.5) is 11.4 Å². The Labute approximate surface area is 385 Å². The summed E-state index contributed by atoms with van der Waals surface area (Å²) in [6.45, 7) is 4.64. The average molecular weight is 849 g/mol. The van der Waals surface area contributed by atoms with Crippen LogP contribution in [0.2, 0.25) is 0 Å². The summed E-state index contributed by atoms with van der Waals surface area (Å²) in [4.78, 5) is 2.46. The highest BCUT2D eigenvalue weighted by Gasteiger charge is 2.46. The summed E-state index contributed by atoms with van der Waals surface area (Å²) in [6, 6.07) is 71.8. The Bertz CT molecular complexity index is 3570. The molecule has 2 heterocycles. The van der Waals surface area contributed by atoms with Gasteiger partial charge in [-0.2, -0.15) is 0 Å². The molecule has 10 aromatic rings. The van der Waals surface area contributed by atoms with E-state index in [0.29, 0.717) is 5.92 Å². The molecule has 0 spiro atoms. The van der Waals surface area contributed by atoms with Crippen LogP contribution in [0.5, 0.6) is 0 Å². The van der Waals surface area contributed by atoms with Crippen LogP contribution in [-0.2, 0) is 5.41 Å². The summed E-state index contributed by atoms with van der Waals surface area (Å²) in [6.07, 6.45) is 12.8. The molecule has 0 amide bonds. The number of hydrogen-bond donors (Lipinski definition) is 0. The quantitative estimate of drug-likeness (QED) is 0.159. The van der Waals surface area contributed by atoms with Crippen molar-refractivity contribution < 1.29 is 4.42 Å². The third-order valence-electron chi connectivity index (χ3n) is 14.7. The molecule has 3 heteroatoms. The first-order valence-corrected chi connectivity index (χ1v) is 23.4.